The van der Waals surface area contributed by atoms with Gasteiger partial charge in [-0.05, 0) is 30.9 Å². The molecule has 1 aliphatic carbocycles. The van der Waals surface area contributed by atoms with Gasteiger partial charge in [0.15, 0.2) is 0 Å². The van der Waals surface area contributed by atoms with Gasteiger partial charge in [0, 0.05) is 17.9 Å². The topological polar surface area (TPSA) is 42.0 Å². The zero-order chi connectivity index (χ0) is 13.0. The molecule has 1 N–H and O–H groups in total. The van der Waals surface area contributed by atoms with Crippen LogP contribution in [-0.4, -0.2) is 16.9 Å². The number of carbonyl (C=O) groups excluding carboxylic acids is 1. The monoisotopic (exact) mass is 246 g/mol. The minimum Gasteiger partial charge on any atom is -0.349 e. The van der Waals surface area contributed by atoms with Gasteiger partial charge >= 0.3 is 0 Å². The lowest BCUT2D eigenvalue weighted by Gasteiger charge is -2.22. The third-order valence-corrected chi connectivity index (χ3v) is 3.58. The van der Waals surface area contributed by atoms with Crippen molar-refractivity contribution in [2.24, 2.45) is 0 Å². The zero-order valence-electron chi connectivity index (χ0n) is 11.3. The third kappa shape index (κ3) is 3.31. The second-order valence-electron chi connectivity index (χ2n) is 5.43. The Bertz CT molecular complexity index is 391. The van der Waals surface area contributed by atoms with Crippen molar-refractivity contribution in [3.63, 3.8) is 0 Å². The van der Waals surface area contributed by atoms with Gasteiger partial charge in [0.25, 0.3) is 5.91 Å². The van der Waals surface area contributed by atoms with E-state index < -0.39 is 0 Å². The Kier molecular flexibility index (Phi) is 4.34. The van der Waals surface area contributed by atoms with Crippen LogP contribution in [0.3, 0.4) is 0 Å². The SMILES string of the molecule is CC(C)c1ccc(C(=O)NC2CCCCC2)cn1. The molecule has 0 unspecified atom stereocenters. The van der Waals surface area contributed by atoms with Crippen LogP contribution < -0.4 is 5.32 Å². The number of hydrogen-bond donors (Lipinski definition) is 1. The van der Waals surface area contributed by atoms with Crippen molar-refractivity contribution < 1.29 is 4.79 Å². The normalized spacial score (nSPS) is 16.8. The summed E-state index contributed by atoms with van der Waals surface area (Å²) in [6.45, 7) is 4.20. The Morgan fingerprint density at radius 3 is 2.56 bits per heavy atom. The van der Waals surface area contributed by atoms with Gasteiger partial charge in [0.2, 0.25) is 0 Å². The molecule has 0 spiro atoms. The lowest BCUT2D eigenvalue weighted by Crippen LogP contribution is -2.36. The fraction of sp³-hybridized carbons (Fsp3) is 0.600. The first-order valence-corrected chi connectivity index (χ1v) is 6.93. The first-order chi connectivity index (χ1) is 8.66. The van der Waals surface area contributed by atoms with Crippen LogP contribution in [0, 0.1) is 0 Å². The molecule has 1 aliphatic rings. The number of pyridine rings is 1. The van der Waals surface area contributed by atoms with Crippen LogP contribution in [0.5, 0.6) is 0 Å². The summed E-state index contributed by atoms with van der Waals surface area (Å²) in [5, 5.41) is 3.10. The summed E-state index contributed by atoms with van der Waals surface area (Å²) in [5.74, 6) is 0.421. The van der Waals surface area contributed by atoms with Crippen LogP contribution in [0.1, 0.15) is 67.9 Å². The predicted octanol–water partition coefficient (Wildman–Crippen LogP) is 3.27. The molecule has 1 fully saturated rings. The minimum absolute atomic E-state index is 0.0182. The smallest absolute Gasteiger partial charge is 0.253 e. The molecule has 1 heterocycles. The van der Waals surface area contributed by atoms with E-state index in [4.69, 9.17) is 0 Å². The number of rotatable bonds is 3. The molecular weight excluding hydrogens is 224 g/mol. The Morgan fingerprint density at radius 2 is 2.00 bits per heavy atom. The molecule has 0 saturated heterocycles. The van der Waals surface area contributed by atoms with Crippen molar-refractivity contribution in [1.82, 2.24) is 10.3 Å². The van der Waals surface area contributed by atoms with E-state index in [9.17, 15) is 4.79 Å². The number of nitrogens with zero attached hydrogens (tertiary/aromatic N) is 1. The number of nitrogens with one attached hydrogen (secondary N) is 1. The standard InChI is InChI=1S/C15H22N2O/c1-11(2)14-9-8-12(10-16-14)15(18)17-13-6-4-3-5-7-13/h8-11,13H,3-7H2,1-2H3,(H,17,18). The van der Waals surface area contributed by atoms with Crippen molar-refractivity contribution in [2.75, 3.05) is 0 Å². The van der Waals surface area contributed by atoms with E-state index in [0.717, 1.165) is 18.5 Å². The molecule has 0 aliphatic heterocycles. The number of carbonyl (C=O) groups is 1. The molecule has 0 aromatic carbocycles. The lowest BCUT2D eigenvalue weighted by molar-refractivity contribution is 0.0927. The Morgan fingerprint density at radius 1 is 1.28 bits per heavy atom. The van der Waals surface area contributed by atoms with E-state index in [-0.39, 0.29) is 5.91 Å². The molecule has 2 rings (SSSR count). The molecule has 98 valence electrons. The molecule has 3 nitrogen and oxygen atoms in total. The van der Waals surface area contributed by atoms with Crippen molar-refractivity contribution in [3.05, 3.63) is 29.6 Å². The summed E-state index contributed by atoms with van der Waals surface area (Å²) in [6.07, 6.45) is 7.68. The Balaban J connectivity index is 1.95. The number of amides is 1. The van der Waals surface area contributed by atoms with Gasteiger partial charge in [-0.25, -0.2) is 0 Å². The largest absolute Gasteiger partial charge is 0.349 e. The molecule has 1 aromatic heterocycles. The van der Waals surface area contributed by atoms with Crippen molar-refractivity contribution in [3.8, 4) is 0 Å². The Labute approximate surface area is 109 Å². The van der Waals surface area contributed by atoms with E-state index in [2.05, 4.69) is 24.1 Å². The summed E-state index contributed by atoms with van der Waals surface area (Å²) in [5.41, 5.74) is 1.70. The molecule has 3 heteroatoms. The number of aromatic nitrogens is 1. The van der Waals surface area contributed by atoms with Gasteiger partial charge in [0.1, 0.15) is 0 Å². The van der Waals surface area contributed by atoms with Gasteiger partial charge in [-0.15, -0.1) is 0 Å². The van der Waals surface area contributed by atoms with Crippen LogP contribution in [0.25, 0.3) is 0 Å². The fourth-order valence-electron chi connectivity index (χ4n) is 2.40. The summed E-state index contributed by atoms with van der Waals surface area (Å²) >= 11 is 0. The van der Waals surface area contributed by atoms with Crippen LogP contribution in [0.15, 0.2) is 18.3 Å². The van der Waals surface area contributed by atoms with E-state index in [0.29, 0.717) is 17.5 Å². The summed E-state index contributed by atoms with van der Waals surface area (Å²) in [4.78, 5) is 16.4. The second kappa shape index (κ2) is 5.98. The highest BCUT2D eigenvalue weighted by atomic mass is 16.1. The fourth-order valence-corrected chi connectivity index (χ4v) is 2.40. The Hall–Kier alpha value is -1.38. The molecular formula is C15H22N2O. The highest BCUT2D eigenvalue weighted by Crippen LogP contribution is 2.18. The second-order valence-corrected chi connectivity index (χ2v) is 5.43. The molecule has 1 amide bonds. The minimum atomic E-state index is 0.0182. The molecule has 1 saturated carbocycles. The quantitative estimate of drug-likeness (QED) is 0.889. The molecule has 0 atom stereocenters. The molecule has 0 radical (unpaired) electrons. The first kappa shape index (κ1) is 13.1. The van der Waals surface area contributed by atoms with Gasteiger partial charge in [-0.2, -0.15) is 0 Å². The molecule has 0 bridgehead atoms. The average molecular weight is 246 g/mol. The van der Waals surface area contributed by atoms with Gasteiger partial charge in [-0.1, -0.05) is 33.1 Å². The van der Waals surface area contributed by atoms with Crippen molar-refractivity contribution in [2.45, 2.75) is 57.9 Å². The highest BCUT2D eigenvalue weighted by Gasteiger charge is 2.16. The average Bonchev–Trinajstić information content (AvgIpc) is 2.40. The van der Waals surface area contributed by atoms with Crippen LogP contribution >= 0.6 is 0 Å². The maximum Gasteiger partial charge on any atom is 0.253 e. The maximum atomic E-state index is 12.0. The first-order valence-electron chi connectivity index (χ1n) is 6.93. The predicted molar refractivity (Wildman–Crippen MR) is 72.7 cm³/mol. The van der Waals surface area contributed by atoms with Gasteiger partial charge < -0.3 is 5.32 Å². The summed E-state index contributed by atoms with van der Waals surface area (Å²) < 4.78 is 0. The van der Waals surface area contributed by atoms with Crippen molar-refractivity contribution in [1.29, 1.82) is 0 Å². The zero-order valence-corrected chi connectivity index (χ0v) is 11.3. The summed E-state index contributed by atoms with van der Waals surface area (Å²) in [7, 11) is 0. The third-order valence-electron chi connectivity index (χ3n) is 3.58. The van der Waals surface area contributed by atoms with Crippen LogP contribution in [-0.2, 0) is 0 Å². The van der Waals surface area contributed by atoms with Crippen LogP contribution in [0.4, 0.5) is 0 Å². The molecule has 1 aromatic rings. The lowest BCUT2D eigenvalue weighted by atomic mass is 9.95. The van der Waals surface area contributed by atoms with Gasteiger partial charge in [-0.3, -0.25) is 9.78 Å². The van der Waals surface area contributed by atoms with Crippen LogP contribution in [0.2, 0.25) is 0 Å². The van der Waals surface area contributed by atoms with Crippen molar-refractivity contribution >= 4 is 5.91 Å². The summed E-state index contributed by atoms with van der Waals surface area (Å²) in [6, 6.07) is 4.18. The van der Waals surface area contributed by atoms with E-state index >= 15 is 0 Å². The molecule has 18 heavy (non-hydrogen) atoms. The maximum absolute atomic E-state index is 12.0. The van der Waals surface area contributed by atoms with Gasteiger partial charge in [0.05, 0.1) is 5.56 Å². The van der Waals surface area contributed by atoms with E-state index in [1.165, 1.54) is 19.3 Å². The number of hydrogen-bond acceptors (Lipinski definition) is 2. The van der Waals surface area contributed by atoms with E-state index in [1.807, 2.05) is 12.1 Å². The highest BCUT2D eigenvalue weighted by molar-refractivity contribution is 5.94. The van der Waals surface area contributed by atoms with E-state index in [1.54, 1.807) is 6.20 Å².